The molecular formula is C16H30N2O3. The van der Waals surface area contributed by atoms with E-state index in [1.807, 2.05) is 0 Å². The first-order valence-corrected chi connectivity index (χ1v) is 8.17. The predicted molar refractivity (Wildman–Crippen MR) is 82.8 cm³/mol. The van der Waals surface area contributed by atoms with E-state index in [0.29, 0.717) is 24.8 Å². The van der Waals surface area contributed by atoms with Crippen molar-refractivity contribution in [3.63, 3.8) is 0 Å². The average Bonchev–Trinajstić information content (AvgIpc) is 2.93. The van der Waals surface area contributed by atoms with Crippen molar-refractivity contribution in [1.29, 1.82) is 0 Å². The van der Waals surface area contributed by atoms with Gasteiger partial charge in [-0.3, -0.25) is 9.59 Å². The first kappa shape index (κ1) is 18.0. The van der Waals surface area contributed by atoms with Gasteiger partial charge in [-0.05, 0) is 44.1 Å². The van der Waals surface area contributed by atoms with Crippen molar-refractivity contribution >= 4 is 11.9 Å². The SMILES string of the molecule is CC(C)C(CCN)CCC(=O)N(CC(=O)O)C1CCCC1. The highest BCUT2D eigenvalue weighted by atomic mass is 16.4. The molecule has 0 heterocycles. The lowest BCUT2D eigenvalue weighted by molar-refractivity contribution is -0.146. The number of carbonyl (C=O) groups excluding carboxylic acids is 1. The second kappa shape index (κ2) is 9.03. The minimum atomic E-state index is -0.919. The number of aliphatic carboxylic acids is 1. The first-order valence-electron chi connectivity index (χ1n) is 8.17. The van der Waals surface area contributed by atoms with Crippen LogP contribution in [0.3, 0.4) is 0 Å². The normalized spacial score (nSPS) is 17.1. The summed E-state index contributed by atoms with van der Waals surface area (Å²) in [4.78, 5) is 25.0. The van der Waals surface area contributed by atoms with Crippen LogP contribution in [0, 0.1) is 11.8 Å². The van der Waals surface area contributed by atoms with Crippen LogP contribution in [0.5, 0.6) is 0 Å². The summed E-state index contributed by atoms with van der Waals surface area (Å²) in [5.74, 6) is 0.0135. The molecule has 5 nitrogen and oxygen atoms in total. The molecular weight excluding hydrogens is 268 g/mol. The summed E-state index contributed by atoms with van der Waals surface area (Å²) in [6, 6.07) is 0.126. The molecule has 3 N–H and O–H groups in total. The summed E-state index contributed by atoms with van der Waals surface area (Å²) in [5.41, 5.74) is 5.63. The van der Waals surface area contributed by atoms with Gasteiger partial charge in [0.15, 0.2) is 0 Å². The molecule has 0 aromatic rings. The highest BCUT2D eigenvalue weighted by molar-refractivity contribution is 5.81. The van der Waals surface area contributed by atoms with Crippen LogP contribution in [-0.4, -0.2) is 41.0 Å². The van der Waals surface area contributed by atoms with Gasteiger partial charge in [0.2, 0.25) is 5.91 Å². The quantitative estimate of drug-likeness (QED) is 0.684. The number of rotatable bonds is 9. The van der Waals surface area contributed by atoms with E-state index in [0.717, 1.165) is 38.5 Å². The van der Waals surface area contributed by atoms with Crippen molar-refractivity contribution in [2.24, 2.45) is 17.6 Å². The molecule has 21 heavy (non-hydrogen) atoms. The second-order valence-corrected chi connectivity index (χ2v) is 6.47. The zero-order valence-corrected chi connectivity index (χ0v) is 13.4. The molecule has 1 aliphatic rings. The summed E-state index contributed by atoms with van der Waals surface area (Å²) >= 11 is 0. The smallest absolute Gasteiger partial charge is 0.323 e. The van der Waals surface area contributed by atoms with E-state index in [1.165, 1.54) is 0 Å². The first-order chi connectivity index (χ1) is 9.95. The maximum absolute atomic E-state index is 12.4. The topological polar surface area (TPSA) is 83.6 Å². The van der Waals surface area contributed by atoms with E-state index < -0.39 is 5.97 Å². The predicted octanol–water partition coefficient (Wildman–Crippen LogP) is 2.24. The van der Waals surface area contributed by atoms with Gasteiger partial charge in [-0.15, -0.1) is 0 Å². The summed E-state index contributed by atoms with van der Waals surface area (Å²) in [6.07, 6.45) is 6.23. The minimum Gasteiger partial charge on any atom is -0.480 e. The summed E-state index contributed by atoms with van der Waals surface area (Å²) in [6.45, 7) is 4.78. The van der Waals surface area contributed by atoms with Crippen molar-refractivity contribution in [1.82, 2.24) is 4.90 Å². The number of amides is 1. The van der Waals surface area contributed by atoms with Crippen molar-refractivity contribution < 1.29 is 14.7 Å². The van der Waals surface area contributed by atoms with Gasteiger partial charge in [-0.1, -0.05) is 26.7 Å². The molecule has 0 radical (unpaired) electrons. The third-order valence-corrected chi connectivity index (χ3v) is 4.60. The zero-order chi connectivity index (χ0) is 15.8. The van der Waals surface area contributed by atoms with Crippen LogP contribution in [0.2, 0.25) is 0 Å². The lowest BCUT2D eigenvalue weighted by atomic mass is 9.88. The van der Waals surface area contributed by atoms with E-state index >= 15 is 0 Å². The third kappa shape index (κ3) is 6.04. The van der Waals surface area contributed by atoms with Crippen molar-refractivity contribution in [3.8, 4) is 0 Å². The highest BCUT2D eigenvalue weighted by Gasteiger charge is 2.28. The highest BCUT2D eigenvalue weighted by Crippen LogP contribution is 2.26. The molecule has 0 aromatic carbocycles. The Hall–Kier alpha value is -1.10. The number of hydrogen-bond donors (Lipinski definition) is 2. The van der Waals surface area contributed by atoms with Gasteiger partial charge in [0.05, 0.1) is 0 Å². The van der Waals surface area contributed by atoms with Gasteiger partial charge in [0, 0.05) is 12.5 Å². The fourth-order valence-electron chi connectivity index (χ4n) is 3.26. The Morgan fingerprint density at radius 1 is 1.24 bits per heavy atom. The molecule has 1 amide bonds. The molecule has 1 fully saturated rings. The zero-order valence-electron chi connectivity index (χ0n) is 13.4. The molecule has 0 spiro atoms. The number of carboxylic acid groups (broad SMARTS) is 1. The summed E-state index contributed by atoms with van der Waals surface area (Å²) < 4.78 is 0. The minimum absolute atomic E-state index is 0.00743. The Bertz CT molecular complexity index is 338. The fraction of sp³-hybridized carbons (Fsp3) is 0.875. The summed E-state index contributed by atoms with van der Waals surface area (Å²) in [7, 11) is 0. The Morgan fingerprint density at radius 3 is 2.33 bits per heavy atom. The summed E-state index contributed by atoms with van der Waals surface area (Å²) in [5, 5.41) is 9.03. The number of carbonyl (C=O) groups is 2. The Balaban J connectivity index is 2.56. The van der Waals surface area contributed by atoms with Crippen molar-refractivity contribution in [2.75, 3.05) is 13.1 Å². The van der Waals surface area contributed by atoms with E-state index in [1.54, 1.807) is 4.90 Å². The monoisotopic (exact) mass is 298 g/mol. The van der Waals surface area contributed by atoms with E-state index in [4.69, 9.17) is 10.8 Å². The van der Waals surface area contributed by atoms with Gasteiger partial charge in [-0.2, -0.15) is 0 Å². The number of nitrogens with zero attached hydrogens (tertiary/aromatic N) is 1. The van der Waals surface area contributed by atoms with Gasteiger partial charge in [-0.25, -0.2) is 0 Å². The molecule has 0 bridgehead atoms. The lowest BCUT2D eigenvalue weighted by Crippen LogP contribution is -2.42. The third-order valence-electron chi connectivity index (χ3n) is 4.60. The largest absolute Gasteiger partial charge is 0.480 e. The van der Waals surface area contributed by atoms with Gasteiger partial charge < -0.3 is 15.7 Å². The van der Waals surface area contributed by atoms with Crippen LogP contribution in [0.1, 0.15) is 58.8 Å². The Morgan fingerprint density at radius 2 is 1.86 bits per heavy atom. The van der Waals surface area contributed by atoms with E-state index in [9.17, 15) is 9.59 Å². The van der Waals surface area contributed by atoms with Crippen molar-refractivity contribution in [2.45, 2.75) is 64.8 Å². The second-order valence-electron chi connectivity index (χ2n) is 6.47. The molecule has 1 aliphatic carbocycles. The average molecular weight is 298 g/mol. The molecule has 0 saturated heterocycles. The van der Waals surface area contributed by atoms with Gasteiger partial charge in [0.25, 0.3) is 0 Å². The maximum Gasteiger partial charge on any atom is 0.323 e. The van der Waals surface area contributed by atoms with Gasteiger partial charge >= 0.3 is 5.97 Å². The lowest BCUT2D eigenvalue weighted by Gasteiger charge is -2.28. The number of nitrogens with two attached hydrogens (primary N) is 1. The van der Waals surface area contributed by atoms with Crippen molar-refractivity contribution in [3.05, 3.63) is 0 Å². The number of carboxylic acids is 1. The van der Waals surface area contributed by atoms with E-state index in [2.05, 4.69) is 13.8 Å². The standard InChI is InChI=1S/C16H30N2O3/c1-12(2)13(9-10-17)7-8-15(19)18(11-16(20)21)14-5-3-4-6-14/h12-14H,3-11,17H2,1-2H3,(H,20,21). The Labute approximate surface area is 127 Å². The molecule has 122 valence electrons. The Kier molecular flexibility index (Phi) is 7.72. The van der Waals surface area contributed by atoms with E-state index in [-0.39, 0.29) is 18.5 Å². The van der Waals surface area contributed by atoms with Crippen LogP contribution in [0.15, 0.2) is 0 Å². The van der Waals surface area contributed by atoms with Crippen LogP contribution in [0.25, 0.3) is 0 Å². The molecule has 1 saturated carbocycles. The molecule has 1 rings (SSSR count). The fourth-order valence-corrected chi connectivity index (χ4v) is 3.26. The molecule has 0 aliphatic heterocycles. The van der Waals surface area contributed by atoms with Crippen LogP contribution in [0.4, 0.5) is 0 Å². The number of hydrogen-bond acceptors (Lipinski definition) is 3. The molecule has 5 heteroatoms. The van der Waals surface area contributed by atoms with Crippen LogP contribution < -0.4 is 5.73 Å². The molecule has 1 atom stereocenters. The van der Waals surface area contributed by atoms with Crippen LogP contribution >= 0.6 is 0 Å². The maximum atomic E-state index is 12.4. The molecule has 1 unspecified atom stereocenters. The molecule has 0 aromatic heterocycles. The van der Waals surface area contributed by atoms with Gasteiger partial charge in [0.1, 0.15) is 6.54 Å². The van der Waals surface area contributed by atoms with Crippen LogP contribution in [-0.2, 0) is 9.59 Å².